The molecule has 0 aromatic heterocycles. The van der Waals surface area contributed by atoms with E-state index < -0.39 is 14.9 Å². The molecule has 1 saturated heterocycles. The van der Waals surface area contributed by atoms with E-state index in [-0.39, 0.29) is 22.5 Å². The number of nitro groups is 1. The first-order valence-electron chi connectivity index (χ1n) is 6.82. The molecule has 1 aromatic rings. The van der Waals surface area contributed by atoms with Gasteiger partial charge in [0, 0.05) is 24.7 Å². The van der Waals surface area contributed by atoms with Gasteiger partial charge in [-0.05, 0) is 38.3 Å². The Morgan fingerprint density at radius 1 is 1.43 bits per heavy atom. The topological polar surface area (TPSA) is 107 Å². The average molecular weight is 313 g/mol. The largest absolute Gasteiger partial charge is 0.330 e. The molecule has 0 spiro atoms. The second-order valence-electron chi connectivity index (χ2n) is 5.36. The van der Waals surface area contributed by atoms with E-state index in [0.717, 1.165) is 18.9 Å². The van der Waals surface area contributed by atoms with Crippen LogP contribution in [0.15, 0.2) is 29.2 Å². The molecule has 21 heavy (non-hydrogen) atoms. The first kappa shape index (κ1) is 15.9. The van der Waals surface area contributed by atoms with Crippen molar-refractivity contribution in [2.24, 2.45) is 11.7 Å². The molecule has 2 unspecified atom stereocenters. The molecule has 7 nitrogen and oxygen atoms in total. The molecule has 2 rings (SSSR count). The van der Waals surface area contributed by atoms with Crippen LogP contribution in [-0.4, -0.2) is 36.8 Å². The molecule has 1 fully saturated rings. The molecule has 1 aliphatic heterocycles. The standard InChI is InChI=1S/C13H19N3O4S/c1-10-5-6-11(8-14)9-15(10)21(19,20)13-4-2-3-12(7-13)16(17)18/h2-4,7,10-11H,5-6,8-9,14H2,1H3. The Labute approximate surface area is 123 Å². The van der Waals surface area contributed by atoms with Crippen molar-refractivity contribution in [1.29, 1.82) is 0 Å². The van der Waals surface area contributed by atoms with E-state index in [1.54, 1.807) is 0 Å². The number of rotatable bonds is 4. The van der Waals surface area contributed by atoms with E-state index in [1.807, 2.05) is 6.92 Å². The van der Waals surface area contributed by atoms with Gasteiger partial charge in [0.05, 0.1) is 9.82 Å². The Morgan fingerprint density at radius 3 is 2.76 bits per heavy atom. The molecular formula is C13H19N3O4S. The van der Waals surface area contributed by atoms with E-state index in [9.17, 15) is 18.5 Å². The summed E-state index contributed by atoms with van der Waals surface area (Å²) < 4.78 is 26.8. The maximum absolute atomic E-state index is 12.7. The summed E-state index contributed by atoms with van der Waals surface area (Å²) in [5, 5.41) is 10.8. The van der Waals surface area contributed by atoms with Crippen LogP contribution in [0.2, 0.25) is 0 Å². The minimum Gasteiger partial charge on any atom is -0.330 e. The van der Waals surface area contributed by atoms with Crippen LogP contribution >= 0.6 is 0 Å². The number of benzene rings is 1. The molecule has 0 radical (unpaired) electrons. The molecule has 2 atom stereocenters. The molecule has 2 N–H and O–H groups in total. The number of hydrogen-bond donors (Lipinski definition) is 1. The number of hydrogen-bond acceptors (Lipinski definition) is 5. The van der Waals surface area contributed by atoms with Crippen LogP contribution in [0.3, 0.4) is 0 Å². The van der Waals surface area contributed by atoms with Crippen molar-refractivity contribution in [3.05, 3.63) is 34.4 Å². The maximum atomic E-state index is 12.7. The third kappa shape index (κ3) is 3.22. The summed E-state index contributed by atoms with van der Waals surface area (Å²) in [4.78, 5) is 10.2. The normalized spacial score (nSPS) is 23.9. The summed E-state index contributed by atoms with van der Waals surface area (Å²) >= 11 is 0. The Bertz CT molecular complexity index is 632. The molecule has 1 heterocycles. The van der Waals surface area contributed by atoms with Gasteiger partial charge in [-0.2, -0.15) is 4.31 Å². The second-order valence-corrected chi connectivity index (χ2v) is 7.25. The van der Waals surface area contributed by atoms with Crippen LogP contribution in [0, 0.1) is 16.0 Å². The highest BCUT2D eigenvalue weighted by Crippen LogP contribution is 2.29. The van der Waals surface area contributed by atoms with Crippen molar-refractivity contribution in [2.45, 2.75) is 30.7 Å². The summed E-state index contributed by atoms with van der Waals surface area (Å²) in [6, 6.07) is 5.04. The fourth-order valence-corrected chi connectivity index (χ4v) is 4.34. The number of sulfonamides is 1. The predicted octanol–water partition coefficient (Wildman–Crippen LogP) is 1.34. The highest BCUT2D eigenvalue weighted by molar-refractivity contribution is 7.89. The lowest BCUT2D eigenvalue weighted by atomic mass is 9.96. The van der Waals surface area contributed by atoms with Crippen molar-refractivity contribution < 1.29 is 13.3 Å². The zero-order valence-electron chi connectivity index (χ0n) is 11.8. The van der Waals surface area contributed by atoms with Gasteiger partial charge in [-0.3, -0.25) is 10.1 Å². The van der Waals surface area contributed by atoms with Gasteiger partial charge >= 0.3 is 0 Å². The van der Waals surface area contributed by atoms with Gasteiger partial charge in [0.2, 0.25) is 10.0 Å². The van der Waals surface area contributed by atoms with Gasteiger partial charge in [0.15, 0.2) is 0 Å². The van der Waals surface area contributed by atoms with E-state index in [2.05, 4.69) is 0 Å². The summed E-state index contributed by atoms with van der Waals surface area (Å²) in [5.74, 6) is 0.134. The highest BCUT2D eigenvalue weighted by atomic mass is 32.2. The molecular weight excluding hydrogens is 294 g/mol. The van der Waals surface area contributed by atoms with Crippen LogP contribution in [-0.2, 0) is 10.0 Å². The van der Waals surface area contributed by atoms with Gasteiger partial charge in [0.1, 0.15) is 0 Å². The summed E-state index contributed by atoms with van der Waals surface area (Å²) in [7, 11) is -3.74. The lowest BCUT2D eigenvalue weighted by Gasteiger charge is -2.36. The SMILES string of the molecule is CC1CCC(CN)CN1S(=O)(=O)c1cccc([N+](=O)[O-])c1. The Morgan fingerprint density at radius 2 is 2.14 bits per heavy atom. The van der Waals surface area contributed by atoms with Crippen LogP contribution in [0.1, 0.15) is 19.8 Å². The molecule has 0 bridgehead atoms. The average Bonchev–Trinajstić information content (AvgIpc) is 2.47. The van der Waals surface area contributed by atoms with Crippen molar-refractivity contribution in [1.82, 2.24) is 4.31 Å². The van der Waals surface area contributed by atoms with Gasteiger partial charge in [-0.1, -0.05) is 6.07 Å². The van der Waals surface area contributed by atoms with Crippen molar-refractivity contribution in [2.75, 3.05) is 13.1 Å². The third-order valence-electron chi connectivity index (χ3n) is 3.89. The zero-order valence-corrected chi connectivity index (χ0v) is 12.6. The van der Waals surface area contributed by atoms with E-state index in [0.29, 0.717) is 13.1 Å². The summed E-state index contributed by atoms with van der Waals surface area (Å²) in [5.41, 5.74) is 5.42. The van der Waals surface area contributed by atoms with Crippen molar-refractivity contribution in [3.63, 3.8) is 0 Å². The Hall–Kier alpha value is -1.51. The van der Waals surface area contributed by atoms with Gasteiger partial charge in [0.25, 0.3) is 5.69 Å². The molecule has 116 valence electrons. The van der Waals surface area contributed by atoms with Gasteiger partial charge < -0.3 is 5.73 Å². The molecule has 0 aliphatic carbocycles. The number of nitrogens with two attached hydrogens (primary N) is 1. The lowest BCUT2D eigenvalue weighted by molar-refractivity contribution is -0.385. The third-order valence-corrected chi connectivity index (χ3v) is 5.87. The van der Waals surface area contributed by atoms with Gasteiger partial charge in [-0.15, -0.1) is 0 Å². The number of nitro benzene ring substituents is 1. The maximum Gasteiger partial charge on any atom is 0.270 e. The lowest BCUT2D eigenvalue weighted by Crippen LogP contribution is -2.46. The minimum atomic E-state index is -3.74. The first-order chi connectivity index (χ1) is 9.86. The fourth-order valence-electron chi connectivity index (χ4n) is 2.57. The van der Waals surface area contributed by atoms with Crippen molar-refractivity contribution >= 4 is 15.7 Å². The number of piperidine rings is 1. The first-order valence-corrected chi connectivity index (χ1v) is 8.26. The Balaban J connectivity index is 2.36. The van der Waals surface area contributed by atoms with E-state index >= 15 is 0 Å². The smallest absolute Gasteiger partial charge is 0.270 e. The van der Waals surface area contributed by atoms with Crippen LogP contribution in [0.25, 0.3) is 0 Å². The number of nitrogens with zero attached hydrogens (tertiary/aromatic N) is 2. The van der Waals surface area contributed by atoms with Gasteiger partial charge in [-0.25, -0.2) is 8.42 Å². The molecule has 1 aliphatic rings. The predicted molar refractivity (Wildman–Crippen MR) is 78.2 cm³/mol. The number of non-ortho nitro benzene ring substituents is 1. The summed E-state index contributed by atoms with van der Waals surface area (Å²) in [6.45, 7) is 2.65. The molecule has 1 aromatic carbocycles. The molecule has 8 heteroatoms. The second kappa shape index (κ2) is 6.08. The van der Waals surface area contributed by atoms with E-state index in [4.69, 9.17) is 5.73 Å². The Kier molecular flexibility index (Phi) is 4.60. The fraction of sp³-hybridized carbons (Fsp3) is 0.538. The highest BCUT2D eigenvalue weighted by Gasteiger charge is 2.34. The van der Waals surface area contributed by atoms with E-state index in [1.165, 1.54) is 22.5 Å². The molecule has 0 amide bonds. The van der Waals surface area contributed by atoms with Crippen molar-refractivity contribution in [3.8, 4) is 0 Å². The van der Waals surface area contributed by atoms with Crippen LogP contribution < -0.4 is 5.73 Å². The zero-order chi connectivity index (χ0) is 15.6. The monoisotopic (exact) mass is 313 g/mol. The van der Waals surface area contributed by atoms with Crippen LogP contribution in [0.4, 0.5) is 5.69 Å². The van der Waals surface area contributed by atoms with Crippen LogP contribution in [0.5, 0.6) is 0 Å². The quantitative estimate of drug-likeness (QED) is 0.667. The summed E-state index contributed by atoms with van der Waals surface area (Å²) in [6.07, 6.45) is 1.65. The minimum absolute atomic E-state index is 0.0405. The molecule has 0 saturated carbocycles.